The molecular weight excluding hydrogens is 340 g/mol. The molecule has 27 heavy (non-hydrogen) atoms. The number of rotatable bonds is 5. The molecule has 2 aromatic rings. The number of carbonyl (C=O) groups excluding carboxylic acids is 2. The summed E-state index contributed by atoms with van der Waals surface area (Å²) < 4.78 is 0. The highest BCUT2D eigenvalue weighted by atomic mass is 16.2. The number of benzene rings is 1. The maximum absolute atomic E-state index is 12.6. The molecule has 0 unspecified atom stereocenters. The predicted octanol–water partition coefficient (Wildman–Crippen LogP) is 4.37. The van der Waals surface area contributed by atoms with E-state index in [0.717, 1.165) is 18.5 Å². The van der Waals surface area contributed by atoms with E-state index in [1.165, 1.54) is 32.6 Å². The zero-order chi connectivity index (χ0) is 19.2. The molecule has 0 radical (unpaired) electrons. The average Bonchev–Trinajstić information content (AvgIpc) is 2.90. The Bertz CT molecular complexity index is 809. The van der Waals surface area contributed by atoms with Crippen molar-refractivity contribution in [1.29, 1.82) is 0 Å². The van der Waals surface area contributed by atoms with Gasteiger partial charge in [-0.1, -0.05) is 25.7 Å². The lowest BCUT2D eigenvalue weighted by Crippen LogP contribution is -2.22. The summed E-state index contributed by atoms with van der Waals surface area (Å²) in [6.07, 6.45) is 7.22. The number of hydrogen-bond donors (Lipinski definition) is 2. The van der Waals surface area contributed by atoms with Crippen LogP contribution in [0.1, 0.15) is 72.0 Å². The highest BCUT2D eigenvalue weighted by molar-refractivity contribution is 6.03. The van der Waals surface area contributed by atoms with Gasteiger partial charge in [0.05, 0.1) is 0 Å². The van der Waals surface area contributed by atoms with E-state index in [2.05, 4.69) is 20.6 Å². The largest absolute Gasteiger partial charge is 0.351 e. The van der Waals surface area contributed by atoms with Crippen LogP contribution in [0.25, 0.3) is 0 Å². The molecule has 2 N–H and O–H groups in total. The molecule has 1 aliphatic carbocycles. The number of aryl methyl sites for hydroxylation is 1. The number of aromatic nitrogens is 2. The van der Waals surface area contributed by atoms with Gasteiger partial charge in [0.1, 0.15) is 5.69 Å². The van der Waals surface area contributed by atoms with Crippen LogP contribution >= 0.6 is 0 Å². The van der Waals surface area contributed by atoms with Gasteiger partial charge < -0.3 is 10.6 Å². The fraction of sp³-hybridized carbons (Fsp3) is 0.429. The molecule has 0 spiro atoms. The Balaban J connectivity index is 1.70. The summed E-state index contributed by atoms with van der Waals surface area (Å²) in [4.78, 5) is 32.8. The van der Waals surface area contributed by atoms with Crippen molar-refractivity contribution in [1.82, 2.24) is 9.97 Å². The normalized spacial score (nSPS) is 15.0. The quantitative estimate of drug-likeness (QED) is 0.606. The number of carbonyl (C=O) groups is 2. The van der Waals surface area contributed by atoms with Crippen molar-refractivity contribution in [2.45, 2.75) is 58.4 Å². The molecule has 1 saturated carbocycles. The second kappa shape index (κ2) is 8.75. The molecule has 6 heteroatoms. The maximum Gasteiger partial charge on any atom is 0.274 e. The summed E-state index contributed by atoms with van der Waals surface area (Å²) in [6.45, 7) is 3.37. The van der Waals surface area contributed by atoms with E-state index in [9.17, 15) is 9.59 Å². The van der Waals surface area contributed by atoms with E-state index in [4.69, 9.17) is 0 Å². The highest BCUT2D eigenvalue weighted by Gasteiger charge is 2.16. The molecule has 1 fully saturated rings. The highest BCUT2D eigenvalue weighted by Crippen LogP contribution is 2.20. The first-order valence-electron chi connectivity index (χ1n) is 9.56. The molecule has 3 rings (SSSR count). The van der Waals surface area contributed by atoms with Gasteiger partial charge in [0.2, 0.25) is 5.95 Å². The summed E-state index contributed by atoms with van der Waals surface area (Å²) in [6, 6.07) is 8.87. The van der Waals surface area contributed by atoms with Crippen molar-refractivity contribution < 1.29 is 9.59 Å². The van der Waals surface area contributed by atoms with Gasteiger partial charge in [-0.2, -0.15) is 0 Å². The molecule has 1 heterocycles. The van der Waals surface area contributed by atoms with E-state index in [-0.39, 0.29) is 11.7 Å². The number of nitrogens with one attached hydrogen (secondary N) is 2. The van der Waals surface area contributed by atoms with E-state index in [0.29, 0.717) is 28.9 Å². The molecular formula is C21H26N4O2. The lowest BCUT2D eigenvalue weighted by molar-refractivity contribution is 0.101. The van der Waals surface area contributed by atoms with Gasteiger partial charge in [0, 0.05) is 23.0 Å². The summed E-state index contributed by atoms with van der Waals surface area (Å²) >= 11 is 0. The molecule has 0 saturated heterocycles. The number of nitrogens with zero attached hydrogens (tertiary/aromatic N) is 2. The van der Waals surface area contributed by atoms with Gasteiger partial charge in [-0.15, -0.1) is 0 Å². The monoisotopic (exact) mass is 366 g/mol. The minimum absolute atomic E-state index is 0.00599. The van der Waals surface area contributed by atoms with Crippen LogP contribution in [-0.2, 0) is 0 Å². The fourth-order valence-corrected chi connectivity index (χ4v) is 3.34. The molecule has 0 aliphatic heterocycles. The standard InChI is InChI=1S/C21H26N4O2/c1-14-13-19(20(27)23-18-11-9-16(10-12-18)15(2)26)25-21(22-14)24-17-7-5-3-4-6-8-17/h9-13,17H,3-8H2,1-2H3,(H,23,27)(H,22,24,25). The number of amides is 1. The zero-order valence-corrected chi connectivity index (χ0v) is 15.9. The van der Waals surface area contributed by atoms with Gasteiger partial charge in [-0.05, 0) is 57.0 Å². The third kappa shape index (κ3) is 5.36. The Labute approximate surface area is 159 Å². The van der Waals surface area contributed by atoms with Crippen LogP contribution in [0.4, 0.5) is 11.6 Å². The summed E-state index contributed by atoms with van der Waals surface area (Å²) in [5.74, 6) is 0.215. The minimum atomic E-state index is -0.292. The van der Waals surface area contributed by atoms with E-state index >= 15 is 0 Å². The summed E-state index contributed by atoms with van der Waals surface area (Å²) in [5, 5.41) is 6.23. The molecule has 0 bridgehead atoms. The molecule has 0 atom stereocenters. The van der Waals surface area contributed by atoms with Crippen LogP contribution in [0, 0.1) is 6.92 Å². The van der Waals surface area contributed by atoms with Crippen molar-refractivity contribution in [3.05, 3.63) is 47.3 Å². The van der Waals surface area contributed by atoms with Gasteiger partial charge in [0.15, 0.2) is 5.78 Å². The topological polar surface area (TPSA) is 84.0 Å². The van der Waals surface area contributed by atoms with E-state index in [1.54, 1.807) is 30.3 Å². The molecule has 142 valence electrons. The Kier molecular flexibility index (Phi) is 6.16. The van der Waals surface area contributed by atoms with Gasteiger partial charge in [-0.3, -0.25) is 9.59 Å². The molecule has 1 aromatic carbocycles. The van der Waals surface area contributed by atoms with Crippen LogP contribution in [0.2, 0.25) is 0 Å². The van der Waals surface area contributed by atoms with Gasteiger partial charge in [-0.25, -0.2) is 9.97 Å². The van der Waals surface area contributed by atoms with Crippen LogP contribution in [0.5, 0.6) is 0 Å². The van der Waals surface area contributed by atoms with Crippen molar-refractivity contribution in [2.75, 3.05) is 10.6 Å². The van der Waals surface area contributed by atoms with Crippen molar-refractivity contribution in [3.63, 3.8) is 0 Å². The zero-order valence-electron chi connectivity index (χ0n) is 15.9. The Hall–Kier alpha value is -2.76. The van der Waals surface area contributed by atoms with Crippen molar-refractivity contribution >= 4 is 23.3 Å². The number of anilines is 2. The third-order valence-electron chi connectivity index (χ3n) is 4.82. The second-order valence-electron chi connectivity index (χ2n) is 7.14. The van der Waals surface area contributed by atoms with E-state index in [1.807, 2.05) is 6.92 Å². The lowest BCUT2D eigenvalue weighted by atomic mass is 10.1. The first kappa shape index (κ1) is 19.0. The molecule has 1 aliphatic rings. The lowest BCUT2D eigenvalue weighted by Gasteiger charge is -2.17. The second-order valence-corrected chi connectivity index (χ2v) is 7.14. The predicted molar refractivity (Wildman–Crippen MR) is 106 cm³/mol. The fourth-order valence-electron chi connectivity index (χ4n) is 3.34. The number of Topliss-reactive ketones (excluding diaryl/α,β-unsaturated/α-hetero) is 1. The number of hydrogen-bond acceptors (Lipinski definition) is 5. The number of ketones is 1. The molecule has 1 aromatic heterocycles. The Morgan fingerprint density at radius 2 is 1.67 bits per heavy atom. The summed E-state index contributed by atoms with van der Waals surface area (Å²) in [7, 11) is 0. The van der Waals surface area contributed by atoms with Crippen molar-refractivity contribution in [3.8, 4) is 0 Å². The van der Waals surface area contributed by atoms with Crippen LogP contribution in [0.3, 0.4) is 0 Å². The Morgan fingerprint density at radius 1 is 1.00 bits per heavy atom. The maximum atomic E-state index is 12.6. The third-order valence-corrected chi connectivity index (χ3v) is 4.82. The van der Waals surface area contributed by atoms with Crippen LogP contribution < -0.4 is 10.6 Å². The van der Waals surface area contributed by atoms with E-state index < -0.39 is 0 Å². The SMILES string of the molecule is CC(=O)c1ccc(NC(=O)c2cc(C)nc(NC3CCCCCC3)n2)cc1. The summed E-state index contributed by atoms with van der Waals surface area (Å²) in [5.41, 5.74) is 2.31. The van der Waals surface area contributed by atoms with Gasteiger partial charge in [0.25, 0.3) is 5.91 Å². The molecule has 6 nitrogen and oxygen atoms in total. The minimum Gasteiger partial charge on any atom is -0.351 e. The first-order valence-corrected chi connectivity index (χ1v) is 9.56. The first-order chi connectivity index (χ1) is 13.0. The average molecular weight is 366 g/mol. The molecule has 1 amide bonds. The Morgan fingerprint density at radius 3 is 2.30 bits per heavy atom. The smallest absolute Gasteiger partial charge is 0.274 e. The van der Waals surface area contributed by atoms with Gasteiger partial charge >= 0.3 is 0 Å². The van der Waals surface area contributed by atoms with Crippen LogP contribution in [-0.4, -0.2) is 27.7 Å². The van der Waals surface area contributed by atoms with Crippen molar-refractivity contribution in [2.24, 2.45) is 0 Å². The van der Waals surface area contributed by atoms with Crippen LogP contribution in [0.15, 0.2) is 30.3 Å².